The fraction of sp³-hybridized carbons (Fsp3) is 0.167. The van der Waals surface area contributed by atoms with Crippen molar-refractivity contribution in [3.8, 4) is 0 Å². The van der Waals surface area contributed by atoms with Crippen molar-refractivity contribution < 1.29 is 4.79 Å². The van der Waals surface area contributed by atoms with Gasteiger partial charge in [-0.1, -0.05) is 30.3 Å². The van der Waals surface area contributed by atoms with Crippen molar-refractivity contribution >= 4 is 22.4 Å². The number of rotatable bonds is 4. The number of thiazole rings is 1. The molecule has 0 bridgehead atoms. The van der Waals surface area contributed by atoms with Gasteiger partial charge in [-0.2, -0.15) is 0 Å². The second kappa shape index (κ2) is 6.80. The molecule has 1 amide bonds. The van der Waals surface area contributed by atoms with Crippen molar-refractivity contribution in [3.63, 3.8) is 0 Å². The van der Waals surface area contributed by atoms with Crippen LogP contribution in [0.1, 0.15) is 26.5 Å². The van der Waals surface area contributed by atoms with Crippen molar-refractivity contribution in [2.45, 2.75) is 20.4 Å². The number of aryl methyl sites for hydroxylation is 2. The van der Waals surface area contributed by atoms with Crippen LogP contribution in [0.15, 0.2) is 53.5 Å². The van der Waals surface area contributed by atoms with Gasteiger partial charge in [0.05, 0.1) is 17.8 Å². The zero-order valence-electron chi connectivity index (χ0n) is 13.4. The van der Waals surface area contributed by atoms with E-state index in [9.17, 15) is 9.59 Å². The van der Waals surface area contributed by atoms with E-state index in [0.29, 0.717) is 17.2 Å². The van der Waals surface area contributed by atoms with Crippen LogP contribution < -0.4 is 10.9 Å². The van der Waals surface area contributed by atoms with E-state index in [1.807, 2.05) is 44.2 Å². The number of aromatic nitrogens is 2. The third kappa shape index (κ3) is 3.60. The average Bonchev–Trinajstić information content (AvgIpc) is 2.88. The van der Waals surface area contributed by atoms with Crippen LogP contribution >= 0.6 is 11.3 Å². The van der Waals surface area contributed by atoms with Gasteiger partial charge in [0.25, 0.3) is 11.5 Å². The molecule has 2 heterocycles. The minimum atomic E-state index is -0.273. The Hall–Kier alpha value is -2.73. The first-order valence-corrected chi connectivity index (χ1v) is 8.34. The Bertz CT molecular complexity index is 909. The van der Waals surface area contributed by atoms with Gasteiger partial charge in [0, 0.05) is 17.1 Å². The molecular weight excluding hydrogens is 322 g/mol. The normalized spacial score (nSPS) is 10.6. The molecule has 122 valence electrons. The third-order valence-corrected chi connectivity index (χ3v) is 4.68. The van der Waals surface area contributed by atoms with E-state index in [1.165, 1.54) is 28.0 Å². The molecule has 1 N–H and O–H groups in total. The first-order valence-electron chi connectivity index (χ1n) is 7.53. The van der Waals surface area contributed by atoms with E-state index in [2.05, 4.69) is 10.3 Å². The van der Waals surface area contributed by atoms with Crippen LogP contribution in [0.3, 0.4) is 0 Å². The Morgan fingerprint density at radius 1 is 1.17 bits per heavy atom. The number of carbonyl (C=O) groups excluding carboxylic acids is 1. The van der Waals surface area contributed by atoms with Crippen molar-refractivity contribution in [1.82, 2.24) is 9.55 Å². The van der Waals surface area contributed by atoms with Crippen LogP contribution in [0.25, 0.3) is 0 Å². The summed E-state index contributed by atoms with van der Waals surface area (Å²) in [6, 6.07) is 12.6. The van der Waals surface area contributed by atoms with Crippen molar-refractivity contribution in [1.29, 1.82) is 0 Å². The lowest BCUT2D eigenvalue weighted by Gasteiger charge is -2.08. The molecule has 24 heavy (non-hydrogen) atoms. The van der Waals surface area contributed by atoms with E-state index < -0.39 is 0 Å². The zero-order valence-corrected chi connectivity index (χ0v) is 14.3. The molecule has 1 aromatic carbocycles. The van der Waals surface area contributed by atoms with Crippen LogP contribution in [0.2, 0.25) is 0 Å². The number of amides is 1. The number of anilines is 1. The number of hydrogen-bond donors (Lipinski definition) is 1. The Morgan fingerprint density at radius 3 is 2.58 bits per heavy atom. The highest BCUT2D eigenvalue weighted by atomic mass is 32.1. The summed E-state index contributed by atoms with van der Waals surface area (Å²) in [6.07, 6.45) is 1.58. The third-order valence-electron chi connectivity index (χ3n) is 3.69. The molecule has 3 aromatic rings. The predicted octanol–water partition coefficient (Wildman–Crippen LogP) is 3.22. The van der Waals surface area contributed by atoms with Crippen molar-refractivity contribution in [3.05, 3.63) is 80.7 Å². The Labute approximate surface area is 143 Å². The molecule has 0 aliphatic carbocycles. The zero-order chi connectivity index (χ0) is 17.1. The van der Waals surface area contributed by atoms with E-state index in [0.717, 1.165) is 16.1 Å². The standard InChI is InChI=1S/C18H17N3O2S/c1-12-13(2)24-18(19-12)20-17(23)15-8-9-16(22)21(11-15)10-14-6-4-3-5-7-14/h3-9,11H,10H2,1-2H3,(H,19,20,23). The molecular formula is C18H17N3O2S. The largest absolute Gasteiger partial charge is 0.310 e. The van der Waals surface area contributed by atoms with Gasteiger partial charge in [-0.25, -0.2) is 4.98 Å². The fourth-order valence-electron chi connectivity index (χ4n) is 2.26. The summed E-state index contributed by atoms with van der Waals surface area (Å²) in [5.74, 6) is -0.273. The molecule has 0 aliphatic heterocycles. The number of nitrogens with one attached hydrogen (secondary N) is 1. The highest BCUT2D eigenvalue weighted by Gasteiger charge is 2.11. The van der Waals surface area contributed by atoms with E-state index in [1.54, 1.807) is 6.20 Å². The number of benzene rings is 1. The van der Waals surface area contributed by atoms with Crippen molar-refractivity contribution in [2.75, 3.05) is 5.32 Å². The topological polar surface area (TPSA) is 64.0 Å². The van der Waals surface area contributed by atoms with Crippen molar-refractivity contribution in [2.24, 2.45) is 0 Å². The molecule has 3 rings (SSSR count). The SMILES string of the molecule is Cc1nc(NC(=O)c2ccc(=O)n(Cc3ccccc3)c2)sc1C. The van der Waals surface area contributed by atoms with Crippen LogP contribution in [0, 0.1) is 13.8 Å². The van der Waals surface area contributed by atoms with Gasteiger partial charge < -0.3 is 4.57 Å². The van der Waals surface area contributed by atoms with Gasteiger partial charge in [-0.05, 0) is 25.5 Å². The van der Waals surface area contributed by atoms with Gasteiger partial charge >= 0.3 is 0 Å². The maximum atomic E-state index is 12.4. The molecule has 0 unspecified atom stereocenters. The average molecular weight is 339 g/mol. The first-order chi connectivity index (χ1) is 11.5. The second-order valence-electron chi connectivity index (χ2n) is 5.48. The minimum absolute atomic E-state index is 0.142. The second-order valence-corrected chi connectivity index (χ2v) is 6.69. The number of carbonyl (C=O) groups is 1. The van der Waals surface area contributed by atoms with Crippen LogP contribution in [-0.4, -0.2) is 15.5 Å². The smallest absolute Gasteiger partial charge is 0.258 e. The molecule has 5 nitrogen and oxygen atoms in total. The van der Waals surface area contributed by atoms with E-state index >= 15 is 0 Å². The number of hydrogen-bond acceptors (Lipinski definition) is 4. The molecule has 0 saturated heterocycles. The van der Waals surface area contributed by atoms with Gasteiger partial charge in [0.15, 0.2) is 5.13 Å². The van der Waals surface area contributed by atoms with Gasteiger partial charge in [-0.15, -0.1) is 11.3 Å². The highest BCUT2D eigenvalue weighted by molar-refractivity contribution is 7.15. The molecule has 0 saturated carbocycles. The van der Waals surface area contributed by atoms with Gasteiger partial charge in [0.2, 0.25) is 0 Å². The summed E-state index contributed by atoms with van der Waals surface area (Å²) in [6.45, 7) is 4.29. The quantitative estimate of drug-likeness (QED) is 0.794. The predicted molar refractivity (Wildman–Crippen MR) is 95.8 cm³/mol. The highest BCUT2D eigenvalue weighted by Crippen LogP contribution is 2.21. The molecule has 0 fully saturated rings. The fourth-order valence-corrected chi connectivity index (χ4v) is 3.07. The Kier molecular flexibility index (Phi) is 4.57. The summed E-state index contributed by atoms with van der Waals surface area (Å²) < 4.78 is 1.53. The number of pyridine rings is 1. The van der Waals surface area contributed by atoms with Crippen LogP contribution in [0.5, 0.6) is 0 Å². The maximum absolute atomic E-state index is 12.4. The summed E-state index contributed by atoms with van der Waals surface area (Å²) in [4.78, 5) is 29.8. The molecule has 0 atom stereocenters. The summed E-state index contributed by atoms with van der Waals surface area (Å²) in [5.41, 5.74) is 2.19. The minimum Gasteiger partial charge on any atom is -0.310 e. The summed E-state index contributed by atoms with van der Waals surface area (Å²) in [7, 11) is 0. The van der Waals surface area contributed by atoms with E-state index in [-0.39, 0.29) is 11.5 Å². The monoisotopic (exact) mass is 339 g/mol. The van der Waals surface area contributed by atoms with Gasteiger partial charge in [0.1, 0.15) is 0 Å². The Balaban J connectivity index is 1.82. The molecule has 2 aromatic heterocycles. The molecule has 0 aliphatic rings. The van der Waals surface area contributed by atoms with Gasteiger partial charge in [-0.3, -0.25) is 14.9 Å². The molecule has 0 radical (unpaired) electrons. The Morgan fingerprint density at radius 2 is 1.92 bits per heavy atom. The lowest BCUT2D eigenvalue weighted by molar-refractivity contribution is 0.102. The molecule has 0 spiro atoms. The lowest BCUT2D eigenvalue weighted by Crippen LogP contribution is -2.22. The van der Waals surface area contributed by atoms with Crippen LogP contribution in [0.4, 0.5) is 5.13 Å². The summed E-state index contributed by atoms with van der Waals surface area (Å²) >= 11 is 1.44. The summed E-state index contributed by atoms with van der Waals surface area (Å²) in [5, 5.41) is 3.35. The first kappa shape index (κ1) is 16.1. The van der Waals surface area contributed by atoms with Crippen LogP contribution in [-0.2, 0) is 6.54 Å². The maximum Gasteiger partial charge on any atom is 0.258 e. The lowest BCUT2D eigenvalue weighted by atomic mass is 10.2. The van der Waals surface area contributed by atoms with E-state index in [4.69, 9.17) is 0 Å². The number of nitrogens with zero attached hydrogens (tertiary/aromatic N) is 2. The molecule has 6 heteroatoms.